The van der Waals surface area contributed by atoms with Crippen LogP contribution in [0.15, 0.2) is 24.3 Å². The molecule has 1 aliphatic rings. The maximum Gasteiger partial charge on any atom is 0.327 e. The highest BCUT2D eigenvalue weighted by molar-refractivity contribution is 5.79. The Labute approximate surface area is 73.6 Å². The molecule has 0 unspecified atom stereocenters. The molecular formula is C10H16O2. The standard InChI is InChI=1S/C6H10.C4H6O2/c1-2-4-6-5-3-1;1-2-3-4(5)6/h1-2H,3-6H2;2-3H,1H3,(H,5,6). The van der Waals surface area contributed by atoms with E-state index >= 15 is 0 Å². The van der Waals surface area contributed by atoms with Crippen molar-refractivity contribution in [3.05, 3.63) is 24.3 Å². The van der Waals surface area contributed by atoms with Gasteiger partial charge in [-0.1, -0.05) is 18.2 Å². The molecule has 0 aromatic heterocycles. The molecule has 1 rings (SSSR count). The van der Waals surface area contributed by atoms with E-state index in [9.17, 15) is 4.79 Å². The summed E-state index contributed by atoms with van der Waals surface area (Å²) in [7, 11) is 0. The third-order valence-electron chi connectivity index (χ3n) is 1.47. The van der Waals surface area contributed by atoms with Gasteiger partial charge in [-0.15, -0.1) is 0 Å². The van der Waals surface area contributed by atoms with Crippen molar-refractivity contribution < 1.29 is 9.90 Å². The second kappa shape index (κ2) is 8.05. The normalized spacial score (nSPS) is 15.4. The van der Waals surface area contributed by atoms with Gasteiger partial charge in [-0.25, -0.2) is 4.79 Å². The summed E-state index contributed by atoms with van der Waals surface area (Å²) in [6, 6.07) is 0. The van der Waals surface area contributed by atoms with Crippen LogP contribution < -0.4 is 0 Å². The molecule has 0 heterocycles. The molecule has 0 radical (unpaired) electrons. The quantitative estimate of drug-likeness (QED) is 0.483. The van der Waals surface area contributed by atoms with E-state index in [-0.39, 0.29) is 0 Å². The number of allylic oxidation sites excluding steroid dienone is 3. The number of carboxylic acids is 1. The fourth-order valence-electron chi connectivity index (χ4n) is 0.903. The van der Waals surface area contributed by atoms with Crippen molar-refractivity contribution in [2.24, 2.45) is 0 Å². The van der Waals surface area contributed by atoms with E-state index in [0.29, 0.717) is 0 Å². The van der Waals surface area contributed by atoms with Crippen LogP contribution in [0.3, 0.4) is 0 Å². The molecule has 12 heavy (non-hydrogen) atoms. The second-order valence-electron chi connectivity index (χ2n) is 2.59. The van der Waals surface area contributed by atoms with E-state index < -0.39 is 5.97 Å². The minimum atomic E-state index is -0.891. The highest BCUT2D eigenvalue weighted by Gasteiger charge is 1.87. The van der Waals surface area contributed by atoms with Crippen molar-refractivity contribution in [2.45, 2.75) is 32.6 Å². The van der Waals surface area contributed by atoms with E-state index in [0.717, 1.165) is 6.08 Å². The molecular weight excluding hydrogens is 152 g/mol. The summed E-state index contributed by atoms with van der Waals surface area (Å²) in [5.41, 5.74) is 0. The Hall–Kier alpha value is -1.05. The molecule has 0 atom stereocenters. The van der Waals surface area contributed by atoms with Gasteiger partial charge < -0.3 is 5.11 Å². The predicted octanol–water partition coefficient (Wildman–Crippen LogP) is 2.76. The lowest BCUT2D eigenvalue weighted by molar-refractivity contribution is -0.131. The first-order chi connectivity index (χ1) is 5.77. The Bertz CT molecular complexity index is 161. The Balaban J connectivity index is 0.000000202. The third kappa shape index (κ3) is 8.95. The molecule has 0 fully saturated rings. The molecule has 1 aliphatic carbocycles. The Morgan fingerprint density at radius 2 is 1.83 bits per heavy atom. The van der Waals surface area contributed by atoms with E-state index in [4.69, 9.17) is 5.11 Å². The minimum absolute atomic E-state index is 0.891. The van der Waals surface area contributed by atoms with Crippen LogP contribution in [0.25, 0.3) is 0 Å². The van der Waals surface area contributed by atoms with Gasteiger partial charge in [0, 0.05) is 6.08 Å². The molecule has 0 aromatic carbocycles. The van der Waals surface area contributed by atoms with Gasteiger partial charge in [0.2, 0.25) is 0 Å². The zero-order valence-corrected chi connectivity index (χ0v) is 7.49. The van der Waals surface area contributed by atoms with Crippen LogP contribution in [-0.2, 0) is 4.79 Å². The molecule has 0 saturated carbocycles. The van der Waals surface area contributed by atoms with Crippen LogP contribution in [0.5, 0.6) is 0 Å². The van der Waals surface area contributed by atoms with Gasteiger partial charge in [0.15, 0.2) is 0 Å². The van der Waals surface area contributed by atoms with Gasteiger partial charge in [-0.2, -0.15) is 0 Å². The summed E-state index contributed by atoms with van der Waals surface area (Å²) in [6.45, 7) is 1.66. The first kappa shape index (κ1) is 11.0. The summed E-state index contributed by atoms with van der Waals surface area (Å²) in [6.07, 6.45) is 12.6. The number of hydrogen-bond donors (Lipinski definition) is 1. The van der Waals surface area contributed by atoms with Crippen LogP contribution in [0.1, 0.15) is 32.6 Å². The first-order valence-electron chi connectivity index (χ1n) is 4.28. The fraction of sp³-hybridized carbons (Fsp3) is 0.500. The van der Waals surface area contributed by atoms with Crippen LogP contribution in [-0.4, -0.2) is 11.1 Å². The van der Waals surface area contributed by atoms with Crippen molar-refractivity contribution in [3.63, 3.8) is 0 Å². The average Bonchev–Trinajstić information content (AvgIpc) is 2.08. The van der Waals surface area contributed by atoms with Crippen LogP contribution in [0.2, 0.25) is 0 Å². The van der Waals surface area contributed by atoms with Gasteiger partial charge in [-0.05, 0) is 32.6 Å². The van der Waals surface area contributed by atoms with E-state index in [2.05, 4.69) is 12.2 Å². The maximum atomic E-state index is 9.51. The Morgan fingerprint density at radius 3 is 1.92 bits per heavy atom. The van der Waals surface area contributed by atoms with E-state index in [1.165, 1.54) is 31.8 Å². The third-order valence-corrected chi connectivity index (χ3v) is 1.47. The summed E-state index contributed by atoms with van der Waals surface area (Å²) in [5, 5.41) is 7.83. The number of carboxylic acid groups (broad SMARTS) is 1. The van der Waals surface area contributed by atoms with Crippen LogP contribution in [0.4, 0.5) is 0 Å². The average molecular weight is 168 g/mol. The fourth-order valence-corrected chi connectivity index (χ4v) is 0.903. The number of hydrogen-bond acceptors (Lipinski definition) is 1. The van der Waals surface area contributed by atoms with Crippen molar-refractivity contribution >= 4 is 5.97 Å². The maximum absolute atomic E-state index is 9.51. The first-order valence-corrected chi connectivity index (χ1v) is 4.28. The summed E-state index contributed by atoms with van der Waals surface area (Å²) in [5.74, 6) is -0.891. The highest BCUT2D eigenvalue weighted by Crippen LogP contribution is 2.07. The molecule has 1 N–H and O–H groups in total. The van der Waals surface area contributed by atoms with Gasteiger partial charge in [0.05, 0.1) is 0 Å². The number of carbonyl (C=O) groups is 1. The largest absolute Gasteiger partial charge is 0.478 e. The zero-order valence-electron chi connectivity index (χ0n) is 7.49. The zero-order chi connectivity index (χ0) is 9.23. The molecule has 2 heteroatoms. The Morgan fingerprint density at radius 1 is 1.33 bits per heavy atom. The monoisotopic (exact) mass is 168 g/mol. The predicted molar refractivity (Wildman–Crippen MR) is 50.1 cm³/mol. The summed E-state index contributed by atoms with van der Waals surface area (Å²) < 4.78 is 0. The lowest BCUT2D eigenvalue weighted by Gasteiger charge is -1.97. The van der Waals surface area contributed by atoms with Crippen LogP contribution in [0, 0.1) is 0 Å². The SMILES string of the molecule is C1=CCCCC1.CC=CC(=O)O. The molecule has 0 amide bonds. The van der Waals surface area contributed by atoms with Crippen molar-refractivity contribution in [1.29, 1.82) is 0 Å². The van der Waals surface area contributed by atoms with Crippen molar-refractivity contribution in [3.8, 4) is 0 Å². The van der Waals surface area contributed by atoms with E-state index in [1.807, 2.05) is 0 Å². The van der Waals surface area contributed by atoms with Crippen molar-refractivity contribution in [1.82, 2.24) is 0 Å². The summed E-state index contributed by atoms with van der Waals surface area (Å²) in [4.78, 5) is 9.51. The number of aliphatic carboxylic acids is 1. The molecule has 2 nitrogen and oxygen atoms in total. The molecule has 0 bridgehead atoms. The summed E-state index contributed by atoms with van der Waals surface area (Å²) >= 11 is 0. The second-order valence-corrected chi connectivity index (χ2v) is 2.59. The molecule has 0 aromatic rings. The van der Waals surface area contributed by atoms with Crippen LogP contribution >= 0.6 is 0 Å². The molecule has 0 saturated heterocycles. The lowest BCUT2D eigenvalue weighted by Crippen LogP contribution is -1.83. The minimum Gasteiger partial charge on any atom is -0.478 e. The Kier molecular flexibility index (Phi) is 7.35. The lowest BCUT2D eigenvalue weighted by atomic mass is 10.1. The van der Waals surface area contributed by atoms with Gasteiger partial charge in [0.1, 0.15) is 0 Å². The van der Waals surface area contributed by atoms with Gasteiger partial charge in [0.25, 0.3) is 0 Å². The van der Waals surface area contributed by atoms with Crippen molar-refractivity contribution in [2.75, 3.05) is 0 Å². The molecule has 68 valence electrons. The number of rotatable bonds is 1. The van der Waals surface area contributed by atoms with Gasteiger partial charge >= 0.3 is 5.97 Å². The highest BCUT2D eigenvalue weighted by atomic mass is 16.4. The topological polar surface area (TPSA) is 37.3 Å². The smallest absolute Gasteiger partial charge is 0.327 e. The van der Waals surface area contributed by atoms with Gasteiger partial charge in [-0.3, -0.25) is 0 Å². The molecule has 0 aliphatic heterocycles. The van der Waals surface area contributed by atoms with E-state index in [1.54, 1.807) is 6.92 Å². The molecule has 0 spiro atoms.